The first kappa shape index (κ1) is 15.3. The van der Waals surface area contributed by atoms with E-state index in [1.807, 2.05) is 0 Å². The maximum absolute atomic E-state index is 12.3. The third-order valence-electron chi connectivity index (χ3n) is 4.66. The SMILES string of the molecule is O=C(NS(=O)(=O)c1ccccc1)N1CCC2(CCNCC2)C1. The fraction of sp³-hybridized carbons (Fsp3) is 0.533. The molecule has 0 aliphatic carbocycles. The van der Waals surface area contributed by atoms with E-state index in [0.29, 0.717) is 13.1 Å². The Kier molecular flexibility index (Phi) is 4.10. The molecule has 2 aliphatic rings. The van der Waals surface area contributed by atoms with E-state index in [1.54, 1.807) is 23.1 Å². The van der Waals surface area contributed by atoms with Gasteiger partial charge in [0.2, 0.25) is 0 Å². The lowest BCUT2D eigenvalue weighted by molar-refractivity contribution is 0.187. The number of sulfonamides is 1. The number of amides is 2. The molecule has 3 rings (SSSR count). The number of likely N-dealkylation sites (tertiary alicyclic amines) is 1. The van der Waals surface area contributed by atoms with E-state index in [4.69, 9.17) is 0 Å². The van der Waals surface area contributed by atoms with Crippen LogP contribution in [-0.4, -0.2) is 45.5 Å². The van der Waals surface area contributed by atoms with Crippen molar-refractivity contribution in [1.82, 2.24) is 14.9 Å². The molecule has 22 heavy (non-hydrogen) atoms. The van der Waals surface area contributed by atoms with Gasteiger partial charge in [-0.3, -0.25) is 0 Å². The highest BCUT2D eigenvalue weighted by Crippen LogP contribution is 2.38. The molecule has 7 heteroatoms. The van der Waals surface area contributed by atoms with Crippen LogP contribution in [0, 0.1) is 5.41 Å². The summed E-state index contributed by atoms with van der Waals surface area (Å²) in [5.74, 6) is 0. The van der Waals surface area contributed by atoms with E-state index >= 15 is 0 Å². The van der Waals surface area contributed by atoms with E-state index in [-0.39, 0.29) is 10.3 Å². The van der Waals surface area contributed by atoms with E-state index in [1.165, 1.54) is 12.1 Å². The molecule has 0 aromatic heterocycles. The average Bonchev–Trinajstić information content (AvgIpc) is 2.92. The molecule has 0 unspecified atom stereocenters. The van der Waals surface area contributed by atoms with Gasteiger partial charge in [-0.25, -0.2) is 17.9 Å². The highest BCUT2D eigenvalue weighted by molar-refractivity contribution is 7.90. The third-order valence-corrected chi connectivity index (χ3v) is 6.00. The van der Waals surface area contributed by atoms with Crippen molar-refractivity contribution in [3.8, 4) is 0 Å². The van der Waals surface area contributed by atoms with E-state index in [0.717, 1.165) is 32.4 Å². The summed E-state index contributed by atoms with van der Waals surface area (Å²) in [5, 5.41) is 3.32. The fourth-order valence-corrected chi connectivity index (χ4v) is 4.30. The summed E-state index contributed by atoms with van der Waals surface area (Å²) in [6.45, 7) is 3.20. The van der Waals surface area contributed by atoms with Crippen LogP contribution in [0.4, 0.5) is 4.79 Å². The molecule has 0 saturated carbocycles. The molecule has 1 aromatic carbocycles. The van der Waals surface area contributed by atoms with Crippen LogP contribution in [0.3, 0.4) is 0 Å². The van der Waals surface area contributed by atoms with E-state index < -0.39 is 16.1 Å². The van der Waals surface area contributed by atoms with Gasteiger partial charge in [-0.2, -0.15) is 0 Å². The third kappa shape index (κ3) is 3.10. The molecule has 2 aliphatic heterocycles. The lowest BCUT2D eigenvalue weighted by Crippen LogP contribution is -2.44. The van der Waals surface area contributed by atoms with Crippen LogP contribution in [0.1, 0.15) is 19.3 Å². The Bertz CT molecular complexity index is 639. The fourth-order valence-electron chi connectivity index (χ4n) is 3.31. The maximum atomic E-state index is 12.3. The zero-order valence-corrected chi connectivity index (χ0v) is 13.2. The maximum Gasteiger partial charge on any atom is 0.331 e. The van der Waals surface area contributed by atoms with E-state index in [9.17, 15) is 13.2 Å². The van der Waals surface area contributed by atoms with Gasteiger partial charge >= 0.3 is 6.03 Å². The molecular formula is C15H21N3O3S. The van der Waals surface area contributed by atoms with Crippen molar-refractivity contribution in [1.29, 1.82) is 0 Å². The number of piperidine rings is 1. The van der Waals surface area contributed by atoms with Gasteiger partial charge in [-0.1, -0.05) is 18.2 Å². The summed E-state index contributed by atoms with van der Waals surface area (Å²) in [4.78, 5) is 14.0. The second kappa shape index (κ2) is 5.89. The summed E-state index contributed by atoms with van der Waals surface area (Å²) in [6.07, 6.45) is 3.04. The van der Waals surface area contributed by atoms with Crippen LogP contribution < -0.4 is 10.0 Å². The quantitative estimate of drug-likeness (QED) is 0.856. The molecule has 0 radical (unpaired) electrons. The number of rotatable bonds is 2. The number of nitrogens with zero attached hydrogens (tertiary/aromatic N) is 1. The Morgan fingerprint density at radius 1 is 1.14 bits per heavy atom. The lowest BCUT2D eigenvalue weighted by atomic mass is 9.78. The molecule has 6 nitrogen and oxygen atoms in total. The lowest BCUT2D eigenvalue weighted by Gasteiger charge is -2.33. The van der Waals surface area contributed by atoms with Crippen molar-refractivity contribution < 1.29 is 13.2 Å². The van der Waals surface area contributed by atoms with Crippen molar-refractivity contribution >= 4 is 16.1 Å². The zero-order chi connectivity index (χ0) is 15.6. The molecule has 0 bridgehead atoms. The first-order valence-electron chi connectivity index (χ1n) is 7.58. The van der Waals surface area contributed by atoms with Crippen molar-refractivity contribution in [2.24, 2.45) is 5.41 Å². The number of nitrogens with one attached hydrogen (secondary N) is 2. The predicted octanol–water partition coefficient (Wildman–Crippen LogP) is 1.16. The van der Waals surface area contributed by atoms with Crippen LogP contribution in [-0.2, 0) is 10.0 Å². The molecule has 2 saturated heterocycles. The summed E-state index contributed by atoms with van der Waals surface area (Å²) < 4.78 is 26.6. The molecular weight excluding hydrogens is 302 g/mol. The van der Waals surface area contributed by atoms with Crippen molar-refractivity contribution in [3.05, 3.63) is 30.3 Å². The molecule has 1 aromatic rings. The topological polar surface area (TPSA) is 78.5 Å². The molecule has 2 amide bonds. The van der Waals surface area contributed by atoms with E-state index in [2.05, 4.69) is 10.0 Å². The highest BCUT2D eigenvalue weighted by Gasteiger charge is 2.41. The molecule has 0 atom stereocenters. The monoisotopic (exact) mass is 323 g/mol. The van der Waals surface area contributed by atoms with Crippen molar-refractivity contribution in [2.75, 3.05) is 26.2 Å². The number of carbonyl (C=O) groups is 1. The second-order valence-electron chi connectivity index (χ2n) is 6.15. The van der Waals surface area contributed by atoms with Gasteiger partial charge < -0.3 is 10.2 Å². The number of benzene rings is 1. The van der Waals surface area contributed by atoms with Gasteiger partial charge in [0.05, 0.1) is 4.90 Å². The molecule has 2 N–H and O–H groups in total. The second-order valence-corrected chi connectivity index (χ2v) is 7.83. The van der Waals surface area contributed by atoms with Crippen LogP contribution in [0.5, 0.6) is 0 Å². The minimum atomic E-state index is -3.79. The van der Waals surface area contributed by atoms with Crippen LogP contribution in [0.2, 0.25) is 0 Å². The smallest absolute Gasteiger partial charge is 0.323 e. The zero-order valence-electron chi connectivity index (χ0n) is 12.4. The van der Waals surface area contributed by atoms with Gasteiger partial charge in [-0.15, -0.1) is 0 Å². The van der Waals surface area contributed by atoms with Crippen molar-refractivity contribution in [2.45, 2.75) is 24.2 Å². The molecule has 2 heterocycles. The molecule has 1 spiro atoms. The summed E-state index contributed by atoms with van der Waals surface area (Å²) in [6, 6.07) is 7.46. The number of hydrogen-bond donors (Lipinski definition) is 2. The standard InChI is InChI=1S/C15H21N3O3S/c19-14(17-22(20,21)13-4-2-1-3-5-13)18-11-8-15(12-18)6-9-16-10-7-15/h1-5,16H,6-12H2,(H,17,19). The Hall–Kier alpha value is -1.60. The predicted molar refractivity (Wildman–Crippen MR) is 82.9 cm³/mol. The Morgan fingerprint density at radius 3 is 2.50 bits per heavy atom. The molecule has 2 fully saturated rings. The Morgan fingerprint density at radius 2 is 1.82 bits per heavy atom. The van der Waals surface area contributed by atoms with Gasteiger partial charge in [0, 0.05) is 13.1 Å². The Labute approximate surface area is 130 Å². The first-order valence-corrected chi connectivity index (χ1v) is 9.07. The first-order chi connectivity index (χ1) is 10.5. The van der Waals surface area contributed by atoms with Gasteiger partial charge in [-0.05, 0) is 49.9 Å². The minimum absolute atomic E-state index is 0.110. The van der Waals surface area contributed by atoms with Crippen molar-refractivity contribution in [3.63, 3.8) is 0 Å². The van der Waals surface area contributed by atoms with Gasteiger partial charge in [0.25, 0.3) is 10.0 Å². The van der Waals surface area contributed by atoms with Crippen LogP contribution in [0.25, 0.3) is 0 Å². The highest BCUT2D eigenvalue weighted by atomic mass is 32.2. The number of urea groups is 1. The Balaban J connectivity index is 1.66. The summed E-state index contributed by atoms with van der Waals surface area (Å²) >= 11 is 0. The summed E-state index contributed by atoms with van der Waals surface area (Å²) in [7, 11) is -3.79. The average molecular weight is 323 g/mol. The number of carbonyl (C=O) groups excluding carboxylic acids is 1. The minimum Gasteiger partial charge on any atom is -0.323 e. The summed E-state index contributed by atoms with van der Waals surface area (Å²) in [5.41, 5.74) is 0.166. The van der Waals surface area contributed by atoms with Gasteiger partial charge in [0.1, 0.15) is 0 Å². The van der Waals surface area contributed by atoms with Crippen LogP contribution >= 0.6 is 0 Å². The largest absolute Gasteiger partial charge is 0.331 e. The van der Waals surface area contributed by atoms with Crippen LogP contribution in [0.15, 0.2) is 35.2 Å². The number of hydrogen-bond acceptors (Lipinski definition) is 4. The van der Waals surface area contributed by atoms with Gasteiger partial charge in [0.15, 0.2) is 0 Å². The molecule has 120 valence electrons. The normalized spacial score (nSPS) is 21.0.